The Hall–Kier alpha value is -2.16. The average molecular weight is 227 g/mol. The van der Waals surface area contributed by atoms with Crippen molar-refractivity contribution in [2.45, 2.75) is 6.42 Å². The van der Waals surface area contributed by atoms with Crippen LogP contribution in [0.2, 0.25) is 0 Å². The van der Waals surface area contributed by atoms with Gasteiger partial charge in [-0.15, -0.1) is 0 Å². The highest BCUT2D eigenvalue weighted by atomic mass is 16.5. The van der Waals surface area contributed by atoms with Crippen molar-refractivity contribution in [3.8, 4) is 5.75 Å². The van der Waals surface area contributed by atoms with Crippen molar-refractivity contribution in [2.24, 2.45) is 0 Å². The summed E-state index contributed by atoms with van der Waals surface area (Å²) in [6.07, 6.45) is 1.94. The van der Waals surface area contributed by atoms with E-state index < -0.39 is 0 Å². The summed E-state index contributed by atoms with van der Waals surface area (Å²) in [4.78, 5) is 16.1. The molecule has 0 aliphatic carbocycles. The first-order chi connectivity index (χ1) is 8.31. The molecule has 3 heteroatoms. The Balaban J connectivity index is 2.20. The molecule has 0 saturated carbocycles. The van der Waals surface area contributed by atoms with E-state index in [9.17, 15) is 4.79 Å². The molecule has 0 saturated heterocycles. The van der Waals surface area contributed by atoms with Crippen molar-refractivity contribution in [1.82, 2.24) is 4.98 Å². The van der Waals surface area contributed by atoms with Gasteiger partial charge < -0.3 is 4.74 Å². The van der Waals surface area contributed by atoms with Gasteiger partial charge in [0.2, 0.25) is 0 Å². The predicted octanol–water partition coefficient (Wildman–Crippen LogP) is 2.52. The summed E-state index contributed by atoms with van der Waals surface area (Å²) < 4.78 is 5.12. The molecule has 0 fully saturated rings. The van der Waals surface area contributed by atoms with E-state index in [2.05, 4.69) is 4.98 Å². The Morgan fingerprint density at radius 1 is 1.18 bits per heavy atom. The van der Waals surface area contributed by atoms with Crippen LogP contribution in [-0.4, -0.2) is 17.9 Å². The van der Waals surface area contributed by atoms with Crippen molar-refractivity contribution < 1.29 is 9.53 Å². The van der Waals surface area contributed by atoms with Crippen LogP contribution in [0.3, 0.4) is 0 Å². The van der Waals surface area contributed by atoms with Crippen molar-refractivity contribution in [1.29, 1.82) is 0 Å². The summed E-state index contributed by atoms with van der Waals surface area (Å²) in [7, 11) is 1.54. The third-order valence-electron chi connectivity index (χ3n) is 2.46. The predicted molar refractivity (Wildman–Crippen MR) is 65.3 cm³/mol. The van der Waals surface area contributed by atoms with E-state index in [-0.39, 0.29) is 5.78 Å². The first-order valence-electron chi connectivity index (χ1n) is 5.37. The second-order valence-electron chi connectivity index (χ2n) is 3.64. The topological polar surface area (TPSA) is 39.2 Å². The lowest BCUT2D eigenvalue weighted by Crippen LogP contribution is -2.07. The quantitative estimate of drug-likeness (QED) is 0.753. The maximum Gasteiger partial charge on any atom is 0.189 e. The minimum Gasteiger partial charge on any atom is -0.494 e. The van der Waals surface area contributed by atoms with Gasteiger partial charge in [0.1, 0.15) is 11.4 Å². The smallest absolute Gasteiger partial charge is 0.189 e. The molecule has 1 aromatic heterocycles. The summed E-state index contributed by atoms with van der Waals surface area (Å²) in [5.74, 6) is 0.488. The van der Waals surface area contributed by atoms with Crippen LogP contribution in [0.1, 0.15) is 16.1 Å². The Bertz CT molecular complexity index is 509. The van der Waals surface area contributed by atoms with Crippen LogP contribution < -0.4 is 4.74 Å². The zero-order valence-electron chi connectivity index (χ0n) is 9.59. The number of benzene rings is 1. The Kier molecular flexibility index (Phi) is 3.50. The molecule has 0 N–H and O–H groups in total. The standard InChI is InChI=1S/C14H13NO2/c1-17-13-8-5-9-15-14(13)12(16)10-11-6-3-2-4-7-11/h2-9H,10H2,1H3. The van der Waals surface area contributed by atoms with Crippen LogP contribution in [0.5, 0.6) is 5.75 Å². The van der Waals surface area contributed by atoms with Gasteiger partial charge in [-0.3, -0.25) is 4.79 Å². The fourth-order valence-electron chi connectivity index (χ4n) is 1.63. The summed E-state index contributed by atoms with van der Waals surface area (Å²) in [6, 6.07) is 13.1. The van der Waals surface area contributed by atoms with Gasteiger partial charge >= 0.3 is 0 Å². The molecule has 2 rings (SSSR count). The van der Waals surface area contributed by atoms with E-state index in [4.69, 9.17) is 4.74 Å². The van der Waals surface area contributed by atoms with Crippen LogP contribution in [0.25, 0.3) is 0 Å². The fourth-order valence-corrected chi connectivity index (χ4v) is 1.63. The molecule has 0 bridgehead atoms. The van der Waals surface area contributed by atoms with Gasteiger partial charge in [-0.2, -0.15) is 0 Å². The number of pyridine rings is 1. The lowest BCUT2D eigenvalue weighted by atomic mass is 10.1. The summed E-state index contributed by atoms with van der Waals surface area (Å²) in [5.41, 5.74) is 1.36. The number of rotatable bonds is 4. The lowest BCUT2D eigenvalue weighted by molar-refractivity contribution is 0.0985. The van der Waals surface area contributed by atoms with E-state index in [1.165, 1.54) is 7.11 Å². The normalized spacial score (nSPS) is 9.94. The number of Topliss-reactive ketones (excluding diaryl/α,β-unsaturated/α-hetero) is 1. The summed E-state index contributed by atoms with van der Waals surface area (Å²) in [6.45, 7) is 0. The van der Waals surface area contributed by atoms with Crippen molar-refractivity contribution in [3.63, 3.8) is 0 Å². The molecule has 0 aliphatic heterocycles. The van der Waals surface area contributed by atoms with E-state index >= 15 is 0 Å². The van der Waals surface area contributed by atoms with Gasteiger partial charge in [0, 0.05) is 12.6 Å². The summed E-state index contributed by atoms with van der Waals surface area (Å²) in [5, 5.41) is 0. The number of methoxy groups -OCH3 is 1. The molecule has 0 amide bonds. The highest BCUT2D eigenvalue weighted by Gasteiger charge is 2.13. The second kappa shape index (κ2) is 5.25. The molecule has 17 heavy (non-hydrogen) atoms. The molecule has 0 aliphatic rings. The molecule has 0 spiro atoms. The van der Waals surface area contributed by atoms with Crippen LogP contribution in [0.15, 0.2) is 48.7 Å². The third kappa shape index (κ3) is 2.69. The van der Waals surface area contributed by atoms with Crippen molar-refractivity contribution in [3.05, 3.63) is 59.9 Å². The Labute approximate surface area is 100 Å². The Morgan fingerprint density at radius 3 is 2.65 bits per heavy atom. The zero-order valence-corrected chi connectivity index (χ0v) is 9.59. The fraction of sp³-hybridized carbons (Fsp3) is 0.143. The van der Waals surface area contributed by atoms with Crippen LogP contribution in [-0.2, 0) is 6.42 Å². The monoisotopic (exact) mass is 227 g/mol. The average Bonchev–Trinajstić information content (AvgIpc) is 2.40. The van der Waals surface area contributed by atoms with E-state index in [0.29, 0.717) is 17.9 Å². The number of carbonyl (C=O) groups excluding carboxylic acids is 1. The minimum absolute atomic E-state index is 0.0337. The maximum atomic E-state index is 12.1. The van der Waals surface area contributed by atoms with E-state index in [0.717, 1.165) is 5.56 Å². The van der Waals surface area contributed by atoms with Crippen molar-refractivity contribution in [2.75, 3.05) is 7.11 Å². The number of aromatic nitrogens is 1. The first-order valence-corrected chi connectivity index (χ1v) is 5.37. The molecule has 1 aromatic carbocycles. The van der Waals surface area contributed by atoms with Gasteiger partial charge in [0.25, 0.3) is 0 Å². The first kappa shape index (κ1) is 11.3. The number of nitrogens with zero attached hydrogens (tertiary/aromatic N) is 1. The van der Waals surface area contributed by atoms with Gasteiger partial charge in [-0.25, -0.2) is 4.98 Å². The molecule has 2 aromatic rings. The molecule has 0 atom stereocenters. The van der Waals surface area contributed by atoms with Gasteiger partial charge in [0.15, 0.2) is 5.78 Å². The number of ketones is 1. The van der Waals surface area contributed by atoms with E-state index in [1.54, 1.807) is 18.3 Å². The highest BCUT2D eigenvalue weighted by molar-refractivity contribution is 5.98. The molecular formula is C14H13NO2. The molecule has 0 radical (unpaired) electrons. The van der Waals surface area contributed by atoms with Gasteiger partial charge in [-0.1, -0.05) is 30.3 Å². The summed E-state index contributed by atoms with van der Waals surface area (Å²) >= 11 is 0. The molecule has 0 unspecified atom stereocenters. The lowest BCUT2D eigenvalue weighted by Gasteiger charge is -2.05. The second-order valence-corrected chi connectivity index (χ2v) is 3.64. The van der Waals surface area contributed by atoms with E-state index in [1.807, 2.05) is 30.3 Å². The number of ether oxygens (including phenoxy) is 1. The van der Waals surface area contributed by atoms with Crippen LogP contribution >= 0.6 is 0 Å². The number of hydrogen-bond donors (Lipinski definition) is 0. The molecule has 86 valence electrons. The van der Waals surface area contributed by atoms with Gasteiger partial charge in [-0.05, 0) is 17.7 Å². The Morgan fingerprint density at radius 2 is 1.94 bits per heavy atom. The van der Waals surface area contributed by atoms with Crippen LogP contribution in [0, 0.1) is 0 Å². The number of hydrogen-bond acceptors (Lipinski definition) is 3. The highest BCUT2D eigenvalue weighted by Crippen LogP contribution is 2.16. The minimum atomic E-state index is -0.0337. The largest absolute Gasteiger partial charge is 0.494 e. The van der Waals surface area contributed by atoms with Crippen molar-refractivity contribution >= 4 is 5.78 Å². The molecule has 1 heterocycles. The SMILES string of the molecule is COc1cccnc1C(=O)Cc1ccccc1. The van der Waals surface area contributed by atoms with Gasteiger partial charge in [0.05, 0.1) is 7.11 Å². The zero-order chi connectivity index (χ0) is 12.1. The molecular weight excluding hydrogens is 214 g/mol. The molecule has 3 nitrogen and oxygen atoms in total. The maximum absolute atomic E-state index is 12.1. The third-order valence-corrected chi connectivity index (χ3v) is 2.46. The van der Waals surface area contributed by atoms with Crippen LogP contribution in [0.4, 0.5) is 0 Å². The number of carbonyl (C=O) groups is 1.